The number of fused-ring (bicyclic) bond motifs is 2. The first-order chi connectivity index (χ1) is 23.0. The van der Waals surface area contributed by atoms with E-state index in [1.165, 1.54) is 11.6 Å². The van der Waals surface area contributed by atoms with E-state index in [1.807, 2.05) is 26.8 Å². The number of rotatable bonds is 2. The van der Waals surface area contributed by atoms with Crippen LogP contribution in [0.15, 0.2) is 36.4 Å². The molecule has 0 radical (unpaired) electrons. The summed E-state index contributed by atoms with van der Waals surface area (Å²) in [7, 11) is 0. The van der Waals surface area contributed by atoms with Crippen LogP contribution in [0.3, 0.4) is 0 Å². The summed E-state index contributed by atoms with van der Waals surface area (Å²) >= 11 is 0. The van der Waals surface area contributed by atoms with Gasteiger partial charge in [-0.2, -0.15) is 0 Å². The van der Waals surface area contributed by atoms with Crippen molar-refractivity contribution >= 4 is 29.8 Å². The molecule has 2 aromatic carbocycles. The van der Waals surface area contributed by atoms with Crippen LogP contribution < -0.4 is 5.32 Å². The van der Waals surface area contributed by atoms with Crippen molar-refractivity contribution in [3.63, 3.8) is 0 Å². The minimum absolute atomic E-state index is 0.0967. The van der Waals surface area contributed by atoms with Crippen molar-refractivity contribution in [1.29, 1.82) is 0 Å². The molecule has 0 aliphatic carbocycles. The van der Waals surface area contributed by atoms with Gasteiger partial charge in [-0.3, -0.25) is 20.2 Å². The quantitative estimate of drug-likeness (QED) is 0.110. The van der Waals surface area contributed by atoms with Crippen LogP contribution >= 0.6 is 0 Å². The highest BCUT2D eigenvalue weighted by atomic mass is 16.8. The van der Waals surface area contributed by atoms with Gasteiger partial charge in [-0.1, -0.05) is 12.1 Å². The van der Waals surface area contributed by atoms with E-state index >= 15 is 0 Å². The number of hydrogen-bond donors (Lipinski definition) is 1. The molecule has 2 aromatic rings. The molecule has 50 heavy (non-hydrogen) atoms. The average Bonchev–Trinajstić information content (AvgIpc) is 3.32. The largest absolute Gasteiger partial charge is 0.519 e. The Morgan fingerprint density at radius 1 is 0.620 bits per heavy atom. The third kappa shape index (κ3) is 15.6. The van der Waals surface area contributed by atoms with Crippen molar-refractivity contribution in [2.24, 2.45) is 0 Å². The molecule has 276 valence electrons. The molecule has 0 saturated carbocycles. The number of nitrogens with zero attached hydrogens (tertiary/aromatic N) is 3. The number of carbonyl (C=O) groups excluding carboxylic acids is 3. The summed E-state index contributed by atoms with van der Waals surface area (Å²) in [5.41, 5.74) is 2.74. The van der Waals surface area contributed by atoms with Crippen LogP contribution in [0, 0.1) is 20.2 Å². The Bertz CT molecular complexity index is 1500. The first kappa shape index (κ1) is 41.4. The minimum atomic E-state index is -1.06. The summed E-state index contributed by atoms with van der Waals surface area (Å²) in [6.45, 7) is 18.5. The van der Waals surface area contributed by atoms with Crippen LogP contribution in [0.25, 0.3) is 0 Å². The summed E-state index contributed by atoms with van der Waals surface area (Å²) in [4.78, 5) is 56.4. The molecule has 0 spiro atoms. The smallest absolute Gasteiger partial charge is 0.444 e. The highest BCUT2D eigenvalue weighted by Crippen LogP contribution is 2.23. The molecule has 2 aliphatic heterocycles. The molecule has 0 bridgehead atoms. The lowest BCUT2D eigenvalue weighted by molar-refractivity contribution is -0.385. The number of nitro groups is 2. The zero-order chi connectivity index (χ0) is 37.9. The molecule has 0 saturated heterocycles. The summed E-state index contributed by atoms with van der Waals surface area (Å²) in [5.74, 6) is 0. The van der Waals surface area contributed by atoms with Gasteiger partial charge < -0.3 is 29.2 Å². The topological polar surface area (TPSA) is 190 Å². The maximum atomic E-state index is 12.1. The Kier molecular flexibility index (Phi) is 14.7. The molecule has 1 N–H and O–H groups in total. The van der Waals surface area contributed by atoms with Crippen molar-refractivity contribution in [2.75, 3.05) is 26.2 Å². The molecular weight excluding hydrogens is 652 g/mol. The Morgan fingerprint density at radius 2 is 1.00 bits per heavy atom. The van der Waals surface area contributed by atoms with E-state index in [4.69, 9.17) is 14.2 Å². The highest BCUT2D eigenvalue weighted by Gasteiger charge is 2.26. The second-order valence-electron chi connectivity index (χ2n) is 14.7. The summed E-state index contributed by atoms with van der Waals surface area (Å²) in [6, 6.07) is 10.1. The summed E-state index contributed by atoms with van der Waals surface area (Å²) in [5, 5.41) is 24.7. The van der Waals surface area contributed by atoms with Gasteiger partial charge in [0.2, 0.25) is 0 Å². The number of benzene rings is 2. The second-order valence-corrected chi connectivity index (χ2v) is 14.7. The van der Waals surface area contributed by atoms with Gasteiger partial charge in [0.05, 0.1) is 9.85 Å². The number of hydrogen-bond acceptors (Lipinski definition) is 12. The van der Waals surface area contributed by atoms with E-state index in [2.05, 4.69) is 10.1 Å². The molecule has 1 amide bonds. The van der Waals surface area contributed by atoms with Crippen LogP contribution in [-0.2, 0) is 44.6 Å². The Labute approximate surface area is 292 Å². The second kappa shape index (κ2) is 17.7. The van der Waals surface area contributed by atoms with Crippen molar-refractivity contribution < 1.29 is 43.2 Å². The lowest BCUT2D eigenvalue weighted by Gasteiger charge is -2.26. The minimum Gasteiger partial charge on any atom is -0.444 e. The number of ether oxygens (including phenoxy) is 4. The Balaban J connectivity index is 0.000000268. The zero-order valence-electron chi connectivity index (χ0n) is 30.5. The number of amides is 1. The monoisotopic (exact) mass is 702 g/mol. The molecule has 15 nitrogen and oxygen atoms in total. The fourth-order valence-electron chi connectivity index (χ4n) is 4.72. The maximum Gasteiger partial charge on any atom is 0.519 e. The predicted octanol–water partition coefficient (Wildman–Crippen LogP) is 7.09. The van der Waals surface area contributed by atoms with Crippen molar-refractivity contribution in [3.8, 4) is 0 Å². The van der Waals surface area contributed by atoms with Crippen LogP contribution in [0.1, 0.15) is 84.6 Å². The molecule has 0 fully saturated rings. The van der Waals surface area contributed by atoms with Gasteiger partial charge in [0, 0.05) is 37.4 Å². The van der Waals surface area contributed by atoms with E-state index in [1.54, 1.807) is 70.7 Å². The first-order valence-corrected chi connectivity index (χ1v) is 16.4. The molecule has 0 aromatic heterocycles. The van der Waals surface area contributed by atoms with Crippen molar-refractivity contribution in [3.05, 3.63) is 78.9 Å². The SMILES string of the molecule is CC(C)(C)OC(=O)N1CCc2ccc([N+](=O)[O-])cc2CC1.CC(C)(C)OC(=O)OC(=O)OC(C)(C)C.O=[N+]([O-])c1ccc2c(c1)CCNCC2. The number of carbonyl (C=O) groups is 3. The fraction of sp³-hybridized carbons (Fsp3) is 0.571. The van der Waals surface area contributed by atoms with E-state index in [0.29, 0.717) is 25.9 Å². The van der Waals surface area contributed by atoms with E-state index in [-0.39, 0.29) is 22.4 Å². The molecule has 2 aliphatic rings. The van der Waals surface area contributed by atoms with E-state index < -0.39 is 34.0 Å². The van der Waals surface area contributed by atoms with Crippen LogP contribution in [0.4, 0.5) is 25.8 Å². The van der Waals surface area contributed by atoms with Gasteiger partial charge in [0.15, 0.2) is 0 Å². The molecule has 15 heteroatoms. The third-order valence-electron chi connectivity index (χ3n) is 6.84. The molecular formula is C35H50N4O11. The Hall–Kier alpha value is -4.79. The molecule has 0 unspecified atom stereocenters. The van der Waals surface area contributed by atoms with Gasteiger partial charge in [-0.05, 0) is 123 Å². The standard InChI is InChI=1S/C15H20N2O4.C10H12N2O2.C10H18O5/c1-15(2,3)21-14(18)16-8-6-11-4-5-13(17(19)20)10-12(11)7-9-16;13-12(14)10-2-1-8-3-5-11-6-4-9(8)7-10;1-9(2,3)14-7(11)13-8(12)15-10(4,5)6/h4-5,10H,6-9H2,1-3H3;1-2,7,11H,3-6H2;1-6H3. The van der Waals surface area contributed by atoms with E-state index in [9.17, 15) is 34.6 Å². The Morgan fingerprint density at radius 3 is 1.42 bits per heavy atom. The van der Waals surface area contributed by atoms with Crippen LogP contribution in [-0.4, -0.2) is 76.1 Å². The van der Waals surface area contributed by atoms with Gasteiger partial charge in [0.25, 0.3) is 11.4 Å². The first-order valence-electron chi connectivity index (χ1n) is 16.4. The average molecular weight is 703 g/mol. The van der Waals surface area contributed by atoms with Crippen LogP contribution in [0.5, 0.6) is 0 Å². The number of non-ortho nitro benzene ring substituents is 2. The molecule has 4 rings (SSSR count). The van der Waals surface area contributed by atoms with Gasteiger partial charge in [0.1, 0.15) is 16.8 Å². The van der Waals surface area contributed by atoms with Gasteiger partial charge in [-0.25, -0.2) is 14.4 Å². The zero-order valence-corrected chi connectivity index (χ0v) is 30.5. The molecule has 2 heterocycles. The fourth-order valence-corrected chi connectivity index (χ4v) is 4.72. The highest BCUT2D eigenvalue weighted by molar-refractivity contribution is 5.77. The van der Waals surface area contributed by atoms with Crippen LogP contribution in [0.2, 0.25) is 0 Å². The lowest BCUT2D eigenvalue weighted by Crippen LogP contribution is -2.38. The summed E-state index contributed by atoms with van der Waals surface area (Å²) in [6.07, 6.45) is 0.700. The predicted molar refractivity (Wildman–Crippen MR) is 185 cm³/mol. The third-order valence-corrected chi connectivity index (χ3v) is 6.84. The maximum absolute atomic E-state index is 12.1. The molecule has 0 atom stereocenters. The number of nitrogens with one attached hydrogen (secondary N) is 1. The van der Waals surface area contributed by atoms with Crippen molar-refractivity contribution in [1.82, 2.24) is 10.2 Å². The summed E-state index contributed by atoms with van der Waals surface area (Å²) < 4.78 is 19.2. The van der Waals surface area contributed by atoms with E-state index in [0.717, 1.165) is 42.6 Å². The number of nitro benzene ring substituents is 2. The van der Waals surface area contributed by atoms with Crippen molar-refractivity contribution in [2.45, 2.75) is 105 Å². The van der Waals surface area contributed by atoms with Gasteiger partial charge in [-0.15, -0.1) is 0 Å². The van der Waals surface area contributed by atoms with Gasteiger partial charge >= 0.3 is 18.4 Å². The normalized spacial score (nSPS) is 14.3. The lowest BCUT2D eigenvalue weighted by atomic mass is 10.0.